The summed E-state index contributed by atoms with van der Waals surface area (Å²) in [5, 5.41) is 21.2. The molecule has 0 amide bonds. The van der Waals surface area contributed by atoms with E-state index < -0.39 is 0 Å². The first kappa shape index (κ1) is 11.9. The molecule has 2 unspecified atom stereocenters. The van der Waals surface area contributed by atoms with Crippen LogP contribution >= 0.6 is 0 Å². The van der Waals surface area contributed by atoms with Crippen molar-refractivity contribution in [2.24, 2.45) is 0 Å². The zero-order chi connectivity index (χ0) is 9.40. The molecule has 74 valence electrons. The van der Waals surface area contributed by atoms with Gasteiger partial charge in [-0.25, -0.2) is 0 Å². The minimum Gasteiger partial charge on any atom is -0.393 e. The third-order valence-electron chi connectivity index (χ3n) is 1.83. The van der Waals surface area contributed by atoms with E-state index in [0.717, 1.165) is 25.8 Å². The minimum absolute atomic E-state index is 0.206. The van der Waals surface area contributed by atoms with Gasteiger partial charge in [-0.2, -0.15) is 0 Å². The number of rotatable bonds is 7. The van der Waals surface area contributed by atoms with E-state index >= 15 is 0 Å². The van der Waals surface area contributed by atoms with E-state index in [0.29, 0.717) is 6.54 Å². The molecule has 0 bridgehead atoms. The lowest BCUT2D eigenvalue weighted by molar-refractivity contribution is 0.163. The van der Waals surface area contributed by atoms with E-state index in [2.05, 4.69) is 5.32 Å². The Bertz CT molecular complexity index is 96.5. The Morgan fingerprint density at radius 1 is 1.33 bits per heavy atom. The van der Waals surface area contributed by atoms with Gasteiger partial charge in [-0.1, -0.05) is 6.92 Å². The molecule has 12 heavy (non-hydrogen) atoms. The molecule has 3 N–H and O–H groups in total. The Morgan fingerprint density at radius 2 is 2.00 bits per heavy atom. The monoisotopic (exact) mass is 175 g/mol. The van der Waals surface area contributed by atoms with Gasteiger partial charge in [-0.15, -0.1) is 0 Å². The molecule has 0 saturated carbocycles. The molecule has 3 heteroatoms. The molecule has 0 aromatic heterocycles. The zero-order valence-electron chi connectivity index (χ0n) is 8.08. The minimum atomic E-state index is -0.225. The lowest BCUT2D eigenvalue weighted by Gasteiger charge is -2.09. The summed E-state index contributed by atoms with van der Waals surface area (Å²) in [7, 11) is 0. The van der Waals surface area contributed by atoms with Crippen molar-refractivity contribution in [2.75, 3.05) is 13.1 Å². The van der Waals surface area contributed by atoms with Gasteiger partial charge in [0.2, 0.25) is 0 Å². The molecule has 0 radical (unpaired) electrons. The van der Waals surface area contributed by atoms with Gasteiger partial charge in [-0.05, 0) is 32.7 Å². The van der Waals surface area contributed by atoms with Gasteiger partial charge in [0.1, 0.15) is 0 Å². The number of nitrogens with one attached hydrogen (secondary N) is 1. The summed E-state index contributed by atoms with van der Waals surface area (Å²) in [6.45, 7) is 5.29. The number of aliphatic hydroxyl groups excluding tert-OH is 2. The molecule has 0 aromatic rings. The van der Waals surface area contributed by atoms with Crippen LogP contribution in [0.15, 0.2) is 0 Å². The molecule has 0 heterocycles. The normalized spacial score (nSPS) is 16.0. The molecule has 0 spiro atoms. The maximum Gasteiger partial charge on any atom is 0.0662 e. The van der Waals surface area contributed by atoms with Gasteiger partial charge in [-0.3, -0.25) is 0 Å². The number of hydrogen-bond donors (Lipinski definition) is 3. The smallest absolute Gasteiger partial charge is 0.0662 e. The van der Waals surface area contributed by atoms with Crippen molar-refractivity contribution in [2.45, 2.75) is 45.3 Å². The van der Waals surface area contributed by atoms with E-state index in [1.165, 1.54) is 0 Å². The van der Waals surface area contributed by atoms with Crippen LogP contribution in [0.1, 0.15) is 33.1 Å². The third-order valence-corrected chi connectivity index (χ3v) is 1.83. The Hall–Kier alpha value is -0.120. The molecular weight excluding hydrogens is 154 g/mol. The maximum absolute atomic E-state index is 9.15. The van der Waals surface area contributed by atoms with E-state index in [1.807, 2.05) is 6.92 Å². The standard InChI is InChI=1S/C9H21NO2/c1-3-9(12)7-10-6-4-5-8(2)11/h8-12H,3-7H2,1-2H3. The van der Waals surface area contributed by atoms with Gasteiger partial charge in [0.15, 0.2) is 0 Å². The van der Waals surface area contributed by atoms with Crippen LogP contribution in [-0.4, -0.2) is 35.5 Å². The highest BCUT2D eigenvalue weighted by Crippen LogP contribution is 1.93. The van der Waals surface area contributed by atoms with Gasteiger partial charge in [0, 0.05) is 6.54 Å². The summed E-state index contributed by atoms with van der Waals surface area (Å²) in [6.07, 6.45) is 2.16. The SMILES string of the molecule is CCC(O)CNCCCC(C)O. The summed E-state index contributed by atoms with van der Waals surface area (Å²) in [5.41, 5.74) is 0. The highest BCUT2D eigenvalue weighted by molar-refractivity contribution is 4.57. The van der Waals surface area contributed by atoms with Crippen molar-refractivity contribution in [3.63, 3.8) is 0 Å². The van der Waals surface area contributed by atoms with Crippen LogP contribution in [0.4, 0.5) is 0 Å². The van der Waals surface area contributed by atoms with Crippen LogP contribution in [0.5, 0.6) is 0 Å². The molecule has 2 atom stereocenters. The predicted octanol–water partition coefficient (Wildman–Crippen LogP) is 0.508. The van der Waals surface area contributed by atoms with Crippen molar-refractivity contribution < 1.29 is 10.2 Å². The topological polar surface area (TPSA) is 52.5 Å². The number of hydrogen-bond acceptors (Lipinski definition) is 3. The van der Waals surface area contributed by atoms with Crippen LogP contribution in [0, 0.1) is 0 Å². The first-order valence-electron chi connectivity index (χ1n) is 4.73. The first-order valence-corrected chi connectivity index (χ1v) is 4.73. The van der Waals surface area contributed by atoms with E-state index in [1.54, 1.807) is 6.92 Å². The molecule has 3 nitrogen and oxygen atoms in total. The fraction of sp³-hybridized carbons (Fsp3) is 1.00. The fourth-order valence-corrected chi connectivity index (χ4v) is 0.935. The summed E-state index contributed by atoms with van der Waals surface area (Å²) in [4.78, 5) is 0. The van der Waals surface area contributed by atoms with Crippen LogP contribution in [0.25, 0.3) is 0 Å². The Labute approximate surface area is 74.8 Å². The average Bonchev–Trinajstić information content (AvgIpc) is 2.03. The molecule has 0 aliphatic rings. The van der Waals surface area contributed by atoms with E-state index in [9.17, 15) is 0 Å². The van der Waals surface area contributed by atoms with Gasteiger partial charge >= 0.3 is 0 Å². The quantitative estimate of drug-likeness (QED) is 0.494. The zero-order valence-corrected chi connectivity index (χ0v) is 8.08. The summed E-state index contributed by atoms with van der Waals surface area (Å²) >= 11 is 0. The molecular formula is C9H21NO2. The summed E-state index contributed by atoms with van der Waals surface area (Å²) < 4.78 is 0. The van der Waals surface area contributed by atoms with Crippen LogP contribution < -0.4 is 5.32 Å². The molecule has 0 rings (SSSR count). The largest absolute Gasteiger partial charge is 0.393 e. The van der Waals surface area contributed by atoms with Crippen molar-refractivity contribution in [3.05, 3.63) is 0 Å². The van der Waals surface area contributed by atoms with Crippen LogP contribution in [0.2, 0.25) is 0 Å². The van der Waals surface area contributed by atoms with Crippen molar-refractivity contribution in [1.82, 2.24) is 5.32 Å². The molecule has 0 saturated heterocycles. The van der Waals surface area contributed by atoms with Gasteiger partial charge in [0.25, 0.3) is 0 Å². The molecule has 0 aromatic carbocycles. The summed E-state index contributed by atoms with van der Waals surface area (Å²) in [6, 6.07) is 0. The second kappa shape index (κ2) is 7.53. The second-order valence-corrected chi connectivity index (χ2v) is 3.26. The van der Waals surface area contributed by atoms with Crippen molar-refractivity contribution >= 4 is 0 Å². The average molecular weight is 175 g/mol. The molecule has 0 aliphatic carbocycles. The fourth-order valence-electron chi connectivity index (χ4n) is 0.935. The van der Waals surface area contributed by atoms with E-state index in [-0.39, 0.29) is 12.2 Å². The Morgan fingerprint density at radius 3 is 2.50 bits per heavy atom. The highest BCUT2D eigenvalue weighted by atomic mass is 16.3. The van der Waals surface area contributed by atoms with Gasteiger partial charge in [0.05, 0.1) is 12.2 Å². The third kappa shape index (κ3) is 7.98. The van der Waals surface area contributed by atoms with Gasteiger partial charge < -0.3 is 15.5 Å². The Kier molecular flexibility index (Phi) is 7.45. The lowest BCUT2D eigenvalue weighted by atomic mass is 10.2. The van der Waals surface area contributed by atoms with Crippen molar-refractivity contribution in [1.29, 1.82) is 0 Å². The second-order valence-electron chi connectivity index (χ2n) is 3.26. The van der Waals surface area contributed by atoms with Crippen molar-refractivity contribution in [3.8, 4) is 0 Å². The molecule has 0 fully saturated rings. The lowest BCUT2D eigenvalue weighted by Crippen LogP contribution is -2.27. The van der Waals surface area contributed by atoms with Crippen LogP contribution in [0.3, 0.4) is 0 Å². The van der Waals surface area contributed by atoms with Crippen LogP contribution in [-0.2, 0) is 0 Å². The maximum atomic E-state index is 9.15. The predicted molar refractivity (Wildman–Crippen MR) is 50.1 cm³/mol. The number of aliphatic hydroxyl groups is 2. The summed E-state index contributed by atoms with van der Waals surface area (Å²) in [5.74, 6) is 0. The Balaban J connectivity index is 3.00. The highest BCUT2D eigenvalue weighted by Gasteiger charge is 1.99. The first-order chi connectivity index (χ1) is 5.66. The molecule has 0 aliphatic heterocycles. The van der Waals surface area contributed by atoms with E-state index in [4.69, 9.17) is 10.2 Å².